The van der Waals surface area contributed by atoms with Crippen molar-refractivity contribution in [3.05, 3.63) is 23.8 Å². The summed E-state index contributed by atoms with van der Waals surface area (Å²) in [5, 5.41) is 13.8. The van der Waals surface area contributed by atoms with Gasteiger partial charge in [0.1, 0.15) is 5.75 Å². The summed E-state index contributed by atoms with van der Waals surface area (Å²) in [6, 6.07) is 5.06. The number of urea groups is 1. The summed E-state index contributed by atoms with van der Waals surface area (Å²) in [4.78, 5) is 22.0. The summed E-state index contributed by atoms with van der Waals surface area (Å²) in [6.45, 7) is 6.14. The van der Waals surface area contributed by atoms with E-state index in [0.717, 1.165) is 11.3 Å². The molecule has 0 aliphatic rings. The maximum atomic E-state index is 11.6. The number of ether oxygens (including phenoxy) is 1. The van der Waals surface area contributed by atoms with Gasteiger partial charge in [0.05, 0.1) is 6.10 Å². The van der Waals surface area contributed by atoms with Crippen LogP contribution in [0.3, 0.4) is 0 Å². The standard InChI is InChI=1S/C15H22N2O4/c1-10(2)21-13-7-6-12(9-11(13)3)17-15(20)16-8-4-5-14(18)19/h6-7,9-10H,4-5,8H2,1-3H3,(H,18,19)(H2,16,17,20). The lowest BCUT2D eigenvalue weighted by atomic mass is 10.2. The first-order valence-electron chi connectivity index (χ1n) is 6.92. The number of nitrogens with one attached hydrogen (secondary N) is 2. The average Bonchev–Trinajstić information content (AvgIpc) is 2.37. The summed E-state index contributed by atoms with van der Waals surface area (Å²) in [7, 11) is 0. The van der Waals surface area contributed by atoms with Crippen molar-refractivity contribution in [2.24, 2.45) is 0 Å². The van der Waals surface area contributed by atoms with Crippen LogP contribution in [-0.2, 0) is 4.79 Å². The Morgan fingerprint density at radius 2 is 2.05 bits per heavy atom. The van der Waals surface area contributed by atoms with Crippen LogP contribution in [0.15, 0.2) is 18.2 Å². The van der Waals surface area contributed by atoms with Crippen molar-refractivity contribution < 1.29 is 19.4 Å². The van der Waals surface area contributed by atoms with Gasteiger partial charge in [-0.05, 0) is 51.0 Å². The fourth-order valence-electron chi connectivity index (χ4n) is 1.73. The van der Waals surface area contributed by atoms with E-state index >= 15 is 0 Å². The number of aryl methyl sites for hydroxylation is 1. The molecule has 3 N–H and O–H groups in total. The van der Waals surface area contributed by atoms with Crippen LogP contribution in [0.1, 0.15) is 32.3 Å². The molecule has 1 aromatic carbocycles. The monoisotopic (exact) mass is 294 g/mol. The molecule has 0 fully saturated rings. The molecule has 2 amide bonds. The van der Waals surface area contributed by atoms with E-state index in [0.29, 0.717) is 18.7 Å². The molecule has 0 saturated heterocycles. The quantitative estimate of drug-likeness (QED) is 0.675. The smallest absolute Gasteiger partial charge is 0.319 e. The van der Waals surface area contributed by atoms with Crippen LogP contribution in [0.25, 0.3) is 0 Å². The maximum absolute atomic E-state index is 11.6. The highest BCUT2D eigenvalue weighted by Crippen LogP contribution is 2.22. The van der Waals surface area contributed by atoms with Gasteiger partial charge in [-0.15, -0.1) is 0 Å². The van der Waals surface area contributed by atoms with Gasteiger partial charge in [0, 0.05) is 18.7 Å². The van der Waals surface area contributed by atoms with E-state index in [9.17, 15) is 9.59 Å². The number of rotatable bonds is 7. The molecule has 1 rings (SSSR count). The molecular formula is C15H22N2O4. The number of hydrogen-bond donors (Lipinski definition) is 3. The second kappa shape index (κ2) is 8.14. The Labute approximate surface area is 124 Å². The van der Waals surface area contributed by atoms with Gasteiger partial charge >= 0.3 is 12.0 Å². The van der Waals surface area contributed by atoms with Gasteiger partial charge in [0.25, 0.3) is 0 Å². The Morgan fingerprint density at radius 3 is 2.62 bits per heavy atom. The minimum atomic E-state index is -0.867. The van der Waals surface area contributed by atoms with Gasteiger partial charge in [-0.1, -0.05) is 0 Å². The second-order valence-corrected chi connectivity index (χ2v) is 5.03. The summed E-state index contributed by atoms with van der Waals surface area (Å²) in [6.07, 6.45) is 0.545. The zero-order valence-corrected chi connectivity index (χ0v) is 12.6. The normalized spacial score (nSPS) is 10.3. The number of carbonyl (C=O) groups excluding carboxylic acids is 1. The van der Waals surface area contributed by atoms with Gasteiger partial charge in [-0.25, -0.2) is 4.79 Å². The average molecular weight is 294 g/mol. The molecule has 6 heteroatoms. The highest BCUT2D eigenvalue weighted by molar-refractivity contribution is 5.89. The number of aliphatic carboxylic acids is 1. The predicted molar refractivity (Wildman–Crippen MR) is 80.8 cm³/mol. The molecular weight excluding hydrogens is 272 g/mol. The topological polar surface area (TPSA) is 87.7 Å². The maximum Gasteiger partial charge on any atom is 0.319 e. The Morgan fingerprint density at radius 1 is 1.33 bits per heavy atom. The molecule has 6 nitrogen and oxygen atoms in total. The van der Waals surface area contributed by atoms with Gasteiger partial charge in [0.15, 0.2) is 0 Å². The molecule has 0 saturated carbocycles. The van der Waals surface area contributed by atoms with Crippen molar-refractivity contribution in [3.63, 3.8) is 0 Å². The zero-order chi connectivity index (χ0) is 15.8. The molecule has 0 heterocycles. The van der Waals surface area contributed by atoms with Gasteiger partial charge < -0.3 is 20.5 Å². The van der Waals surface area contributed by atoms with E-state index in [-0.39, 0.29) is 18.6 Å². The lowest BCUT2D eigenvalue weighted by Gasteiger charge is -2.14. The minimum Gasteiger partial charge on any atom is -0.491 e. The molecule has 0 aliphatic heterocycles. The molecule has 0 aliphatic carbocycles. The number of carboxylic acids is 1. The SMILES string of the molecule is Cc1cc(NC(=O)NCCCC(=O)O)ccc1OC(C)C. The number of carboxylic acid groups (broad SMARTS) is 1. The van der Waals surface area contributed by atoms with E-state index in [1.807, 2.05) is 32.9 Å². The van der Waals surface area contributed by atoms with E-state index in [1.54, 1.807) is 6.07 Å². The summed E-state index contributed by atoms with van der Waals surface area (Å²) < 4.78 is 5.62. The highest BCUT2D eigenvalue weighted by atomic mass is 16.5. The van der Waals surface area contributed by atoms with Crippen LogP contribution in [0.5, 0.6) is 5.75 Å². The van der Waals surface area contributed by atoms with E-state index in [4.69, 9.17) is 9.84 Å². The first-order valence-corrected chi connectivity index (χ1v) is 6.92. The Bertz CT molecular complexity index is 500. The molecule has 0 spiro atoms. The van der Waals surface area contributed by atoms with Crippen LogP contribution in [-0.4, -0.2) is 29.8 Å². The number of hydrogen-bond acceptors (Lipinski definition) is 3. The molecule has 116 valence electrons. The zero-order valence-electron chi connectivity index (χ0n) is 12.6. The van der Waals surface area contributed by atoms with Crippen molar-refractivity contribution in [1.29, 1.82) is 0 Å². The molecule has 1 aromatic rings. The first kappa shape index (κ1) is 16.8. The van der Waals surface area contributed by atoms with Gasteiger partial charge in [0.2, 0.25) is 0 Å². The van der Waals surface area contributed by atoms with Crippen molar-refractivity contribution in [1.82, 2.24) is 5.32 Å². The fraction of sp³-hybridized carbons (Fsp3) is 0.467. The van der Waals surface area contributed by atoms with Gasteiger partial charge in [-0.3, -0.25) is 4.79 Å². The third-order valence-electron chi connectivity index (χ3n) is 2.65. The van der Waals surface area contributed by atoms with Crippen molar-refractivity contribution in [3.8, 4) is 5.75 Å². The molecule has 0 aromatic heterocycles. The third-order valence-corrected chi connectivity index (χ3v) is 2.65. The third kappa shape index (κ3) is 6.65. The van der Waals surface area contributed by atoms with Crippen LogP contribution in [0, 0.1) is 6.92 Å². The number of carbonyl (C=O) groups is 2. The second-order valence-electron chi connectivity index (χ2n) is 5.03. The first-order chi connectivity index (χ1) is 9.88. The van der Waals surface area contributed by atoms with Crippen LogP contribution >= 0.6 is 0 Å². The lowest BCUT2D eigenvalue weighted by Crippen LogP contribution is -2.29. The van der Waals surface area contributed by atoms with Crippen LogP contribution in [0.2, 0.25) is 0 Å². The molecule has 0 unspecified atom stereocenters. The van der Waals surface area contributed by atoms with Crippen molar-refractivity contribution in [2.75, 3.05) is 11.9 Å². The highest BCUT2D eigenvalue weighted by Gasteiger charge is 2.06. The molecule has 0 atom stereocenters. The summed E-state index contributed by atoms with van der Waals surface area (Å²) in [5.41, 5.74) is 1.60. The van der Waals surface area contributed by atoms with E-state index in [2.05, 4.69) is 10.6 Å². The number of amides is 2. The summed E-state index contributed by atoms with van der Waals surface area (Å²) in [5.74, 6) is -0.0778. The summed E-state index contributed by atoms with van der Waals surface area (Å²) >= 11 is 0. The molecule has 0 bridgehead atoms. The molecule has 21 heavy (non-hydrogen) atoms. The predicted octanol–water partition coefficient (Wildman–Crippen LogP) is 2.77. The van der Waals surface area contributed by atoms with Crippen LogP contribution < -0.4 is 15.4 Å². The van der Waals surface area contributed by atoms with E-state index < -0.39 is 5.97 Å². The largest absolute Gasteiger partial charge is 0.491 e. The van der Waals surface area contributed by atoms with Crippen molar-refractivity contribution in [2.45, 2.75) is 39.7 Å². The Balaban J connectivity index is 2.45. The Hall–Kier alpha value is -2.24. The number of anilines is 1. The number of benzene rings is 1. The van der Waals surface area contributed by atoms with Gasteiger partial charge in [-0.2, -0.15) is 0 Å². The molecule has 0 radical (unpaired) electrons. The van der Waals surface area contributed by atoms with Crippen molar-refractivity contribution >= 4 is 17.7 Å². The van der Waals surface area contributed by atoms with Crippen LogP contribution in [0.4, 0.5) is 10.5 Å². The minimum absolute atomic E-state index is 0.0423. The van der Waals surface area contributed by atoms with E-state index in [1.165, 1.54) is 0 Å². The fourth-order valence-corrected chi connectivity index (χ4v) is 1.73. The Kier molecular flexibility index (Phi) is 6.52. The lowest BCUT2D eigenvalue weighted by molar-refractivity contribution is -0.137.